The van der Waals surface area contributed by atoms with Gasteiger partial charge in [-0.1, -0.05) is 26.0 Å². The van der Waals surface area contributed by atoms with Gasteiger partial charge in [-0.3, -0.25) is 0 Å². The summed E-state index contributed by atoms with van der Waals surface area (Å²) in [5.41, 5.74) is 3.83. The van der Waals surface area contributed by atoms with Crippen molar-refractivity contribution in [1.82, 2.24) is 5.32 Å². The normalized spacial score (nSPS) is 11.2. The van der Waals surface area contributed by atoms with Gasteiger partial charge in [-0.15, -0.1) is 0 Å². The highest BCUT2D eigenvalue weighted by Gasteiger charge is 2.14. The summed E-state index contributed by atoms with van der Waals surface area (Å²) in [7, 11) is 0. The van der Waals surface area contributed by atoms with Crippen LogP contribution in [0, 0.1) is 25.5 Å². The van der Waals surface area contributed by atoms with Gasteiger partial charge in [0.2, 0.25) is 0 Å². The van der Waals surface area contributed by atoms with Gasteiger partial charge in [-0.25, -0.2) is 8.78 Å². The standard InChI is InChI=1S/C18H21F2N/c1-11(2)21-10-14-9-15(19)5-6-16(14)18-13(4)7-12(3)8-17(18)20/h5-9,11,21H,10H2,1-4H3. The van der Waals surface area contributed by atoms with Gasteiger partial charge >= 0.3 is 0 Å². The predicted octanol–water partition coefficient (Wildman–Crippen LogP) is 4.75. The molecule has 2 aromatic carbocycles. The van der Waals surface area contributed by atoms with Crippen LogP contribution in [0.15, 0.2) is 30.3 Å². The molecule has 0 aliphatic rings. The molecule has 1 nitrogen and oxygen atoms in total. The summed E-state index contributed by atoms with van der Waals surface area (Å²) in [6.45, 7) is 8.31. The molecule has 0 amide bonds. The van der Waals surface area contributed by atoms with Crippen molar-refractivity contribution in [2.45, 2.75) is 40.3 Å². The molecule has 3 heteroatoms. The molecule has 2 aromatic rings. The molecule has 21 heavy (non-hydrogen) atoms. The van der Waals surface area contributed by atoms with Crippen molar-refractivity contribution in [3.05, 3.63) is 58.7 Å². The second-order valence-corrected chi connectivity index (χ2v) is 5.78. The maximum atomic E-state index is 14.4. The molecule has 2 rings (SSSR count). The van der Waals surface area contributed by atoms with Crippen LogP contribution < -0.4 is 5.32 Å². The average molecular weight is 289 g/mol. The van der Waals surface area contributed by atoms with E-state index >= 15 is 0 Å². The number of aryl methyl sites for hydroxylation is 2. The van der Waals surface area contributed by atoms with E-state index < -0.39 is 0 Å². The molecule has 112 valence electrons. The maximum absolute atomic E-state index is 14.4. The molecule has 0 aliphatic heterocycles. The van der Waals surface area contributed by atoms with Gasteiger partial charge in [-0.2, -0.15) is 0 Å². The fourth-order valence-electron chi connectivity index (χ4n) is 2.52. The largest absolute Gasteiger partial charge is 0.310 e. The van der Waals surface area contributed by atoms with Crippen LogP contribution >= 0.6 is 0 Å². The maximum Gasteiger partial charge on any atom is 0.131 e. The molecular weight excluding hydrogens is 268 g/mol. The van der Waals surface area contributed by atoms with Gasteiger partial charge in [-0.05, 0) is 54.3 Å². The van der Waals surface area contributed by atoms with Crippen LogP contribution in [0.2, 0.25) is 0 Å². The Morgan fingerprint density at radius 2 is 1.76 bits per heavy atom. The minimum Gasteiger partial charge on any atom is -0.310 e. The van der Waals surface area contributed by atoms with Crippen molar-refractivity contribution < 1.29 is 8.78 Å². The van der Waals surface area contributed by atoms with Crippen molar-refractivity contribution in [3.8, 4) is 11.1 Å². The molecule has 0 fully saturated rings. The van der Waals surface area contributed by atoms with Gasteiger partial charge in [0.05, 0.1) is 0 Å². The van der Waals surface area contributed by atoms with Crippen LogP contribution in [0.25, 0.3) is 11.1 Å². The summed E-state index contributed by atoms with van der Waals surface area (Å²) in [6.07, 6.45) is 0. The molecule has 0 aliphatic carbocycles. The zero-order valence-corrected chi connectivity index (χ0v) is 12.9. The summed E-state index contributed by atoms with van der Waals surface area (Å²) in [6, 6.07) is 8.27. The molecule has 0 saturated carbocycles. The van der Waals surface area contributed by atoms with E-state index in [-0.39, 0.29) is 17.7 Å². The molecule has 0 atom stereocenters. The second-order valence-electron chi connectivity index (χ2n) is 5.78. The number of halogens is 2. The monoisotopic (exact) mass is 289 g/mol. The first kappa shape index (κ1) is 15.6. The molecule has 0 bridgehead atoms. The van der Waals surface area contributed by atoms with Crippen molar-refractivity contribution in [2.75, 3.05) is 0 Å². The Hall–Kier alpha value is -1.74. The minimum absolute atomic E-state index is 0.259. The highest BCUT2D eigenvalue weighted by atomic mass is 19.1. The number of hydrogen-bond donors (Lipinski definition) is 1. The van der Waals surface area contributed by atoms with E-state index in [1.807, 2.05) is 33.8 Å². The van der Waals surface area contributed by atoms with Gasteiger partial charge in [0.15, 0.2) is 0 Å². The lowest BCUT2D eigenvalue weighted by molar-refractivity contribution is 0.581. The van der Waals surface area contributed by atoms with Crippen LogP contribution in [0.1, 0.15) is 30.5 Å². The van der Waals surface area contributed by atoms with Crippen LogP contribution in [0.5, 0.6) is 0 Å². The Kier molecular flexibility index (Phi) is 4.73. The third-order valence-electron chi connectivity index (χ3n) is 3.47. The van der Waals surface area contributed by atoms with Crippen LogP contribution in [0.4, 0.5) is 8.78 Å². The third-order valence-corrected chi connectivity index (χ3v) is 3.47. The molecule has 0 aromatic heterocycles. The molecule has 0 saturated heterocycles. The lowest BCUT2D eigenvalue weighted by Crippen LogP contribution is -2.22. The topological polar surface area (TPSA) is 12.0 Å². The Balaban J connectivity index is 2.53. The van der Waals surface area contributed by atoms with Crippen LogP contribution in [0.3, 0.4) is 0 Å². The van der Waals surface area contributed by atoms with Crippen LogP contribution in [-0.2, 0) is 6.54 Å². The van der Waals surface area contributed by atoms with Crippen molar-refractivity contribution in [1.29, 1.82) is 0 Å². The van der Waals surface area contributed by atoms with E-state index in [2.05, 4.69) is 5.32 Å². The van der Waals surface area contributed by atoms with E-state index in [0.29, 0.717) is 12.1 Å². The minimum atomic E-state index is -0.301. The summed E-state index contributed by atoms with van der Waals surface area (Å²) in [5.74, 6) is -0.561. The molecule has 0 unspecified atom stereocenters. The van der Waals surface area contributed by atoms with Gasteiger partial charge in [0, 0.05) is 18.2 Å². The number of hydrogen-bond acceptors (Lipinski definition) is 1. The molecule has 1 N–H and O–H groups in total. The Bertz CT molecular complexity index is 625. The number of benzene rings is 2. The number of rotatable bonds is 4. The molecule has 0 spiro atoms. The van der Waals surface area contributed by atoms with Crippen molar-refractivity contribution in [3.63, 3.8) is 0 Å². The Morgan fingerprint density at radius 3 is 2.38 bits per heavy atom. The third kappa shape index (κ3) is 3.67. The highest BCUT2D eigenvalue weighted by molar-refractivity contribution is 5.71. The van der Waals surface area contributed by atoms with Crippen LogP contribution in [-0.4, -0.2) is 6.04 Å². The first-order valence-corrected chi connectivity index (χ1v) is 7.17. The van der Waals surface area contributed by atoms with E-state index in [0.717, 1.165) is 22.3 Å². The van der Waals surface area contributed by atoms with Gasteiger partial charge in [0.1, 0.15) is 11.6 Å². The van der Waals surface area contributed by atoms with E-state index in [1.54, 1.807) is 6.07 Å². The smallest absolute Gasteiger partial charge is 0.131 e. The summed E-state index contributed by atoms with van der Waals surface area (Å²) < 4.78 is 27.9. The first-order chi connectivity index (χ1) is 9.88. The summed E-state index contributed by atoms with van der Waals surface area (Å²) in [5, 5.41) is 3.26. The number of nitrogens with one attached hydrogen (secondary N) is 1. The van der Waals surface area contributed by atoms with E-state index in [9.17, 15) is 8.78 Å². The summed E-state index contributed by atoms with van der Waals surface area (Å²) in [4.78, 5) is 0. The molecular formula is C18H21F2N. The summed E-state index contributed by atoms with van der Waals surface area (Å²) >= 11 is 0. The van der Waals surface area contributed by atoms with E-state index in [1.165, 1.54) is 18.2 Å². The lowest BCUT2D eigenvalue weighted by atomic mass is 9.94. The SMILES string of the molecule is Cc1cc(C)c(-c2ccc(F)cc2CNC(C)C)c(F)c1. The zero-order chi connectivity index (χ0) is 15.6. The molecule has 0 radical (unpaired) electrons. The molecule has 0 heterocycles. The second kappa shape index (κ2) is 6.35. The fraction of sp³-hybridized carbons (Fsp3) is 0.333. The van der Waals surface area contributed by atoms with Gasteiger partial charge < -0.3 is 5.32 Å². The Morgan fingerprint density at radius 1 is 1.05 bits per heavy atom. The Labute approximate surface area is 125 Å². The quantitative estimate of drug-likeness (QED) is 0.856. The van der Waals surface area contributed by atoms with E-state index in [4.69, 9.17) is 0 Å². The highest BCUT2D eigenvalue weighted by Crippen LogP contribution is 2.31. The average Bonchev–Trinajstić information content (AvgIpc) is 2.37. The fourth-order valence-corrected chi connectivity index (χ4v) is 2.52. The van der Waals surface area contributed by atoms with Crippen molar-refractivity contribution in [2.24, 2.45) is 0 Å². The predicted molar refractivity (Wildman–Crippen MR) is 83.2 cm³/mol. The van der Waals surface area contributed by atoms with Crippen molar-refractivity contribution >= 4 is 0 Å². The zero-order valence-electron chi connectivity index (χ0n) is 12.9. The van der Waals surface area contributed by atoms with Gasteiger partial charge in [0.25, 0.3) is 0 Å². The first-order valence-electron chi connectivity index (χ1n) is 7.17. The lowest BCUT2D eigenvalue weighted by Gasteiger charge is -2.16.